The molecule has 2 aromatic rings. The van der Waals surface area contributed by atoms with E-state index < -0.39 is 0 Å². The maximum absolute atomic E-state index is 6.11. The lowest BCUT2D eigenvalue weighted by Crippen LogP contribution is -2.24. The third kappa shape index (κ3) is 3.10. The van der Waals surface area contributed by atoms with Crippen molar-refractivity contribution < 1.29 is 4.52 Å². The van der Waals surface area contributed by atoms with Crippen LogP contribution in [0.1, 0.15) is 12.7 Å². The van der Waals surface area contributed by atoms with Gasteiger partial charge in [0.1, 0.15) is 0 Å². The lowest BCUT2D eigenvalue weighted by atomic mass is 10.2. The van der Waals surface area contributed by atoms with Gasteiger partial charge in [0, 0.05) is 16.9 Å². The minimum atomic E-state index is 0.299. The van der Waals surface area contributed by atoms with Crippen molar-refractivity contribution in [3.8, 4) is 11.5 Å². The lowest BCUT2D eigenvalue weighted by molar-refractivity contribution is 0.418. The number of nitrogens with zero attached hydrogens (tertiary/aromatic N) is 2. The SMILES string of the molecule is CNC(C)Cc1noc(-c2cc(Br)ccc2Cl)n1. The van der Waals surface area contributed by atoms with Gasteiger partial charge in [-0.25, -0.2) is 0 Å². The van der Waals surface area contributed by atoms with Crippen molar-refractivity contribution in [1.82, 2.24) is 15.5 Å². The van der Waals surface area contributed by atoms with E-state index in [1.54, 1.807) is 6.07 Å². The molecule has 0 amide bonds. The van der Waals surface area contributed by atoms with Crippen molar-refractivity contribution >= 4 is 27.5 Å². The summed E-state index contributed by atoms with van der Waals surface area (Å²) in [7, 11) is 1.90. The van der Waals surface area contributed by atoms with Crippen LogP contribution in [0.4, 0.5) is 0 Å². The third-order valence-electron chi connectivity index (χ3n) is 2.61. The molecule has 1 unspecified atom stereocenters. The van der Waals surface area contributed by atoms with Crippen molar-refractivity contribution in [2.45, 2.75) is 19.4 Å². The van der Waals surface area contributed by atoms with Crippen LogP contribution in [0.2, 0.25) is 5.02 Å². The van der Waals surface area contributed by atoms with Crippen LogP contribution in [0, 0.1) is 0 Å². The van der Waals surface area contributed by atoms with Crippen LogP contribution in [0.3, 0.4) is 0 Å². The average Bonchev–Trinajstić information content (AvgIpc) is 2.80. The number of rotatable bonds is 4. The molecule has 0 aliphatic carbocycles. The Morgan fingerprint density at radius 2 is 2.28 bits per heavy atom. The van der Waals surface area contributed by atoms with E-state index in [1.165, 1.54) is 0 Å². The molecule has 0 saturated heterocycles. The average molecular weight is 331 g/mol. The summed E-state index contributed by atoms with van der Waals surface area (Å²) in [5.41, 5.74) is 0.738. The first kappa shape index (κ1) is 13.5. The molecule has 0 saturated carbocycles. The Balaban J connectivity index is 2.26. The van der Waals surface area contributed by atoms with E-state index in [2.05, 4.69) is 38.3 Å². The van der Waals surface area contributed by atoms with Gasteiger partial charge in [0.15, 0.2) is 5.82 Å². The highest BCUT2D eigenvalue weighted by atomic mass is 79.9. The Hall–Kier alpha value is -0.910. The van der Waals surface area contributed by atoms with Gasteiger partial charge in [-0.15, -0.1) is 0 Å². The molecule has 1 aromatic heterocycles. The van der Waals surface area contributed by atoms with Crippen LogP contribution in [-0.2, 0) is 6.42 Å². The second-order valence-corrected chi connectivity index (χ2v) is 5.36. The third-order valence-corrected chi connectivity index (χ3v) is 3.43. The maximum atomic E-state index is 6.11. The summed E-state index contributed by atoms with van der Waals surface area (Å²) < 4.78 is 6.16. The smallest absolute Gasteiger partial charge is 0.259 e. The first-order valence-corrected chi connectivity index (χ1v) is 6.72. The van der Waals surface area contributed by atoms with Gasteiger partial charge < -0.3 is 9.84 Å². The fraction of sp³-hybridized carbons (Fsp3) is 0.333. The van der Waals surface area contributed by atoms with E-state index >= 15 is 0 Å². The van der Waals surface area contributed by atoms with Gasteiger partial charge >= 0.3 is 0 Å². The largest absolute Gasteiger partial charge is 0.334 e. The van der Waals surface area contributed by atoms with Crippen molar-refractivity contribution in [3.63, 3.8) is 0 Å². The van der Waals surface area contributed by atoms with Gasteiger partial charge in [0.05, 0.1) is 10.6 Å². The molecule has 0 bridgehead atoms. The molecular weight excluding hydrogens is 318 g/mol. The minimum Gasteiger partial charge on any atom is -0.334 e. The van der Waals surface area contributed by atoms with Gasteiger partial charge in [-0.1, -0.05) is 32.7 Å². The highest BCUT2D eigenvalue weighted by molar-refractivity contribution is 9.10. The summed E-state index contributed by atoms with van der Waals surface area (Å²) in [6.07, 6.45) is 0.714. The Morgan fingerprint density at radius 3 is 3.00 bits per heavy atom. The number of nitrogens with one attached hydrogen (secondary N) is 1. The molecule has 1 heterocycles. The molecule has 0 aliphatic rings. The monoisotopic (exact) mass is 329 g/mol. The van der Waals surface area contributed by atoms with Gasteiger partial charge in [-0.3, -0.25) is 0 Å². The number of benzene rings is 1. The van der Waals surface area contributed by atoms with Gasteiger partial charge in [0.2, 0.25) is 0 Å². The molecular formula is C12H13BrClN3O. The number of aromatic nitrogens is 2. The standard InChI is InChI=1S/C12H13BrClN3O/c1-7(15-2)5-11-16-12(18-17-11)9-6-8(13)3-4-10(9)14/h3-4,6-7,15H,5H2,1-2H3. The Labute approximate surface area is 119 Å². The lowest BCUT2D eigenvalue weighted by Gasteiger charge is -2.04. The maximum Gasteiger partial charge on any atom is 0.259 e. The molecule has 96 valence electrons. The molecule has 18 heavy (non-hydrogen) atoms. The highest BCUT2D eigenvalue weighted by Gasteiger charge is 2.14. The van der Waals surface area contributed by atoms with E-state index in [0.29, 0.717) is 29.2 Å². The van der Waals surface area contributed by atoms with Crippen LogP contribution < -0.4 is 5.32 Å². The molecule has 0 spiro atoms. The van der Waals surface area contributed by atoms with Crippen molar-refractivity contribution in [3.05, 3.63) is 33.5 Å². The molecule has 4 nitrogen and oxygen atoms in total. The zero-order valence-corrected chi connectivity index (χ0v) is 12.4. The molecule has 1 atom stereocenters. The van der Waals surface area contributed by atoms with E-state index in [9.17, 15) is 0 Å². The van der Waals surface area contributed by atoms with Crippen LogP contribution in [0.15, 0.2) is 27.2 Å². The fourth-order valence-electron chi connectivity index (χ4n) is 1.48. The van der Waals surface area contributed by atoms with E-state index in [0.717, 1.165) is 10.0 Å². The summed E-state index contributed by atoms with van der Waals surface area (Å²) in [5.74, 6) is 1.11. The predicted octanol–water partition coefficient (Wildman–Crippen LogP) is 3.30. The van der Waals surface area contributed by atoms with E-state index in [1.807, 2.05) is 19.2 Å². The summed E-state index contributed by atoms with van der Waals surface area (Å²) >= 11 is 9.51. The number of hydrogen-bond donors (Lipinski definition) is 1. The van der Waals surface area contributed by atoms with Crippen molar-refractivity contribution in [2.24, 2.45) is 0 Å². The number of hydrogen-bond acceptors (Lipinski definition) is 4. The molecule has 0 fully saturated rings. The van der Waals surface area contributed by atoms with Crippen molar-refractivity contribution in [2.75, 3.05) is 7.05 Å². The van der Waals surface area contributed by atoms with Crippen LogP contribution in [0.5, 0.6) is 0 Å². The molecule has 1 N–H and O–H groups in total. The second kappa shape index (κ2) is 5.82. The normalized spacial score (nSPS) is 12.7. The van der Waals surface area contributed by atoms with E-state index in [-0.39, 0.29) is 0 Å². The van der Waals surface area contributed by atoms with Gasteiger partial charge in [0.25, 0.3) is 5.89 Å². The molecule has 0 aliphatic heterocycles. The van der Waals surface area contributed by atoms with Crippen LogP contribution >= 0.6 is 27.5 Å². The molecule has 0 radical (unpaired) electrons. The second-order valence-electron chi connectivity index (χ2n) is 4.03. The summed E-state index contributed by atoms with van der Waals surface area (Å²) in [6.45, 7) is 2.06. The van der Waals surface area contributed by atoms with Crippen LogP contribution in [0.25, 0.3) is 11.5 Å². The first-order valence-electron chi connectivity index (χ1n) is 5.55. The zero-order chi connectivity index (χ0) is 13.1. The van der Waals surface area contributed by atoms with Gasteiger partial charge in [-0.2, -0.15) is 4.98 Å². The zero-order valence-electron chi connectivity index (χ0n) is 10.1. The Kier molecular flexibility index (Phi) is 4.37. The number of likely N-dealkylation sites (N-methyl/N-ethyl adjacent to an activating group) is 1. The predicted molar refractivity (Wildman–Crippen MR) is 74.7 cm³/mol. The quantitative estimate of drug-likeness (QED) is 0.934. The minimum absolute atomic E-state index is 0.299. The van der Waals surface area contributed by atoms with Crippen LogP contribution in [-0.4, -0.2) is 23.2 Å². The first-order chi connectivity index (χ1) is 8.60. The Bertz CT molecular complexity index is 544. The van der Waals surface area contributed by atoms with Gasteiger partial charge in [-0.05, 0) is 32.2 Å². The van der Waals surface area contributed by atoms with E-state index in [4.69, 9.17) is 16.1 Å². The number of halogens is 2. The van der Waals surface area contributed by atoms with Crippen molar-refractivity contribution in [1.29, 1.82) is 0 Å². The molecule has 1 aromatic carbocycles. The topological polar surface area (TPSA) is 51.0 Å². The molecule has 2 rings (SSSR count). The highest BCUT2D eigenvalue weighted by Crippen LogP contribution is 2.29. The fourth-order valence-corrected chi connectivity index (χ4v) is 2.04. The summed E-state index contributed by atoms with van der Waals surface area (Å²) in [5, 5.41) is 7.67. The molecule has 6 heteroatoms. The summed E-state index contributed by atoms with van der Waals surface area (Å²) in [4.78, 5) is 4.35. The summed E-state index contributed by atoms with van der Waals surface area (Å²) in [6, 6.07) is 5.82. The Morgan fingerprint density at radius 1 is 1.50 bits per heavy atom.